The Bertz CT molecular complexity index is 2060. The first-order chi connectivity index (χ1) is 21.7. The van der Waals surface area contributed by atoms with Crippen molar-refractivity contribution in [3.8, 4) is 17.5 Å². The van der Waals surface area contributed by atoms with Crippen molar-refractivity contribution in [1.82, 2.24) is 19.6 Å². The van der Waals surface area contributed by atoms with Gasteiger partial charge < -0.3 is 14.2 Å². The highest BCUT2D eigenvalue weighted by atomic mass is 35.5. The Labute approximate surface area is 266 Å². The van der Waals surface area contributed by atoms with Gasteiger partial charge in [-0.2, -0.15) is 17.9 Å². The van der Waals surface area contributed by atoms with E-state index in [4.69, 9.17) is 32.7 Å². The lowest BCUT2D eigenvalue weighted by atomic mass is 10.1. The van der Waals surface area contributed by atoms with Gasteiger partial charge in [0.05, 0.1) is 30.4 Å². The van der Waals surface area contributed by atoms with E-state index in [0.717, 1.165) is 37.6 Å². The number of hydrogen-bond acceptors (Lipinski definition) is 11. The maximum atomic E-state index is 13.7. The van der Waals surface area contributed by atoms with Crippen LogP contribution < -0.4 is 14.2 Å². The molecule has 14 nitrogen and oxygen atoms in total. The van der Waals surface area contributed by atoms with Gasteiger partial charge in [-0.05, 0) is 36.4 Å². The largest absolute Gasteiger partial charge is 0.467 e. The highest BCUT2D eigenvalue weighted by Gasteiger charge is 2.26. The lowest BCUT2D eigenvalue weighted by molar-refractivity contribution is -0.385. The molecule has 0 saturated carbocycles. The number of nitrogens with one attached hydrogen (secondary N) is 1. The Morgan fingerprint density at radius 1 is 1.02 bits per heavy atom. The number of halogens is 5. The minimum absolute atomic E-state index is 0.204. The molecule has 0 fully saturated rings. The van der Waals surface area contributed by atoms with Crippen LogP contribution in [0.2, 0.25) is 10.0 Å². The molecule has 46 heavy (non-hydrogen) atoms. The Hall–Kier alpha value is -5.20. The molecule has 0 saturated heterocycles. The zero-order valence-electron chi connectivity index (χ0n) is 23.1. The smallest absolute Gasteiger partial charge is 0.345 e. The van der Waals surface area contributed by atoms with Crippen molar-refractivity contribution >= 4 is 56.2 Å². The Morgan fingerprint density at radius 3 is 2.33 bits per heavy atom. The highest BCUT2D eigenvalue weighted by molar-refractivity contribution is 7.92. The lowest BCUT2D eigenvalue weighted by Gasteiger charge is -2.09. The molecule has 0 radical (unpaired) electrons. The quantitative estimate of drug-likeness (QED) is 0.117. The zero-order valence-corrected chi connectivity index (χ0v) is 25.4. The van der Waals surface area contributed by atoms with Crippen LogP contribution >= 0.6 is 23.2 Å². The summed E-state index contributed by atoms with van der Waals surface area (Å²) in [5, 5.41) is 14.3. The first-order valence-electron chi connectivity index (χ1n) is 12.2. The number of sulfonamides is 1. The second kappa shape index (κ2) is 13.8. The molecular formula is C26H17Cl2F3N6O8S. The van der Waals surface area contributed by atoms with Crippen LogP contribution in [0.1, 0.15) is 10.4 Å². The number of nitro benzene ring substituents is 1. The van der Waals surface area contributed by atoms with Crippen molar-refractivity contribution in [3.05, 3.63) is 104 Å². The summed E-state index contributed by atoms with van der Waals surface area (Å²) in [5.41, 5.74) is -1.96. The maximum Gasteiger partial charge on any atom is 0.345 e. The minimum atomic E-state index is -4.58. The molecule has 2 heterocycles. The second-order valence-electron chi connectivity index (χ2n) is 8.53. The normalized spacial score (nSPS) is 10.9. The monoisotopic (exact) mass is 700 g/mol. The standard InChI is InChI=1S/C14H9Cl2NO5.C12H8F3N5O3S/c1-21-14(18)10-7-9(3-4-12(10)17(19)20)22-13-5-2-8(15)6-11(13)16;1-23-12-16-5-8(15)10-17-11(18-20(10)12)24(21,22)19-9-6(13)3-2-4-7(9)14/h2-7H,1H3;2-5,19H,1H3. The maximum absolute atomic E-state index is 13.7. The van der Waals surface area contributed by atoms with Crippen molar-refractivity contribution in [2.75, 3.05) is 18.9 Å². The number of rotatable bonds is 8. The fourth-order valence-corrected chi connectivity index (χ4v) is 4.93. The van der Waals surface area contributed by atoms with Crippen LogP contribution in [-0.2, 0) is 14.8 Å². The number of ether oxygens (including phenoxy) is 3. The molecule has 0 aliphatic carbocycles. The van der Waals surface area contributed by atoms with E-state index in [1.165, 1.54) is 25.3 Å². The van der Waals surface area contributed by atoms with Crippen molar-refractivity contribution in [2.24, 2.45) is 0 Å². The third-order valence-electron chi connectivity index (χ3n) is 5.58. The Kier molecular flexibility index (Phi) is 10.1. The number of esters is 1. The lowest BCUT2D eigenvalue weighted by Crippen LogP contribution is -2.16. The van der Waals surface area contributed by atoms with E-state index in [9.17, 15) is 36.5 Å². The third kappa shape index (κ3) is 7.36. The van der Waals surface area contributed by atoms with Crippen LogP contribution in [-0.4, -0.2) is 53.1 Å². The van der Waals surface area contributed by atoms with Gasteiger partial charge in [0.15, 0.2) is 11.5 Å². The predicted molar refractivity (Wildman–Crippen MR) is 155 cm³/mol. The molecule has 20 heteroatoms. The van der Waals surface area contributed by atoms with Gasteiger partial charge in [0.1, 0.15) is 34.4 Å². The molecule has 0 aliphatic rings. The van der Waals surface area contributed by atoms with Gasteiger partial charge in [-0.1, -0.05) is 29.3 Å². The molecule has 0 unspecified atom stereocenters. The molecule has 2 aromatic heterocycles. The van der Waals surface area contributed by atoms with Crippen LogP contribution in [0.15, 0.2) is 66.0 Å². The number of anilines is 1. The van der Waals surface area contributed by atoms with E-state index in [1.807, 2.05) is 0 Å². The second-order valence-corrected chi connectivity index (χ2v) is 10.9. The number of hydrogen-bond donors (Lipinski definition) is 1. The molecule has 0 aliphatic heterocycles. The number of fused-ring (bicyclic) bond motifs is 1. The number of carbonyl (C=O) groups excluding carboxylic acids is 1. The molecule has 5 rings (SSSR count). The van der Waals surface area contributed by atoms with E-state index in [2.05, 4.69) is 19.8 Å². The molecule has 0 spiro atoms. The van der Waals surface area contributed by atoms with E-state index in [0.29, 0.717) is 15.3 Å². The molecular weight excluding hydrogens is 684 g/mol. The molecule has 0 atom stereocenters. The van der Waals surface area contributed by atoms with Crippen molar-refractivity contribution < 1.29 is 45.5 Å². The van der Waals surface area contributed by atoms with Crippen molar-refractivity contribution in [3.63, 3.8) is 0 Å². The molecule has 5 aromatic rings. The van der Waals surface area contributed by atoms with E-state index in [-0.39, 0.29) is 28.0 Å². The highest BCUT2D eigenvalue weighted by Crippen LogP contribution is 2.33. The first kappa shape index (κ1) is 33.7. The van der Waals surface area contributed by atoms with E-state index in [1.54, 1.807) is 16.9 Å². The summed E-state index contributed by atoms with van der Waals surface area (Å²) in [6.07, 6.45) is 0.767. The molecule has 0 bridgehead atoms. The summed E-state index contributed by atoms with van der Waals surface area (Å²) in [4.78, 5) is 28.9. The van der Waals surface area contributed by atoms with E-state index < -0.39 is 54.9 Å². The van der Waals surface area contributed by atoms with Gasteiger partial charge in [0.2, 0.25) is 0 Å². The van der Waals surface area contributed by atoms with Crippen LogP contribution in [0.4, 0.5) is 24.5 Å². The average Bonchev–Trinajstić information content (AvgIpc) is 3.48. The summed E-state index contributed by atoms with van der Waals surface area (Å²) in [7, 11) is -2.24. The fraction of sp³-hybridized carbons (Fsp3) is 0.0769. The van der Waals surface area contributed by atoms with Crippen molar-refractivity contribution in [2.45, 2.75) is 5.16 Å². The van der Waals surface area contributed by atoms with E-state index >= 15 is 0 Å². The topological polar surface area (TPSA) is 177 Å². The zero-order chi connectivity index (χ0) is 33.8. The number of aromatic nitrogens is 4. The van der Waals surface area contributed by atoms with Gasteiger partial charge >= 0.3 is 12.0 Å². The Morgan fingerprint density at radius 2 is 1.72 bits per heavy atom. The van der Waals surface area contributed by atoms with Crippen LogP contribution in [0.5, 0.6) is 17.5 Å². The van der Waals surface area contributed by atoms with Crippen molar-refractivity contribution in [1.29, 1.82) is 0 Å². The van der Waals surface area contributed by atoms with Gasteiger partial charge in [-0.3, -0.25) is 14.8 Å². The molecule has 3 aromatic carbocycles. The van der Waals surface area contributed by atoms with Crippen LogP contribution in [0.3, 0.4) is 0 Å². The number of methoxy groups -OCH3 is 2. The number of benzene rings is 3. The summed E-state index contributed by atoms with van der Waals surface area (Å²) in [6, 6.07) is 10.9. The third-order valence-corrected chi connectivity index (χ3v) is 7.24. The van der Waals surface area contributed by atoms with Gasteiger partial charge in [0.25, 0.3) is 20.9 Å². The number of nitrogens with zero attached hydrogens (tertiary/aromatic N) is 5. The summed E-state index contributed by atoms with van der Waals surface area (Å²) in [6.45, 7) is 0. The number of carbonyl (C=O) groups is 1. The fourth-order valence-electron chi connectivity index (χ4n) is 3.53. The van der Waals surface area contributed by atoms with Crippen LogP contribution in [0.25, 0.3) is 5.65 Å². The predicted octanol–water partition coefficient (Wildman–Crippen LogP) is 5.83. The average molecular weight is 701 g/mol. The number of para-hydroxylation sites is 1. The van der Waals surface area contributed by atoms with Crippen LogP contribution in [0, 0.1) is 27.6 Å². The minimum Gasteiger partial charge on any atom is -0.467 e. The summed E-state index contributed by atoms with van der Waals surface area (Å²) >= 11 is 11.8. The molecule has 240 valence electrons. The Balaban J connectivity index is 0.000000210. The molecule has 1 N–H and O–H groups in total. The summed E-state index contributed by atoms with van der Waals surface area (Å²) < 4.78 is 82.5. The van der Waals surface area contributed by atoms with Gasteiger partial charge in [-0.15, -0.1) is 5.10 Å². The summed E-state index contributed by atoms with van der Waals surface area (Å²) in [5.74, 6) is -3.55. The van der Waals surface area contributed by atoms with Gasteiger partial charge in [-0.25, -0.2) is 22.9 Å². The SMILES string of the molecule is COC(=O)c1cc(Oc2ccc(Cl)cc2Cl)ccc1[N+](=O)[O-].COc1ncc(F)c2nc(S(=O)(=O)Nc3c(F)cccc3F)nn12. The molecule has 0 amide bonds. The first-order valence-corrected chi connectivity index (χ1v) is 14.4. The van der Waals surface area contributed by atoms with Gasteiger partial charge in [0, 0.05) is 17.2 Å². The number of nitro groups is 1.